The molecule has 1 amide bonds. The first-order valence-corrected chi connectivity index (χ1v) is 9.32. The first-order valence-electron chi connectivity index (χ1n) is 6.64. The van der Waals surface area contributed by atoms with Crippen molar-refractivity contribution in [3.8, 4) is 0 Å². The Morgan fingerprint density at radius 2 is 2.00 bits per heavy atom. The number of nitrogens with one attached hydrogen (secondary N) is 2. The molecule has 0 fully saturated rings. The molecule has 2 aromatic rings. The van der Waals surface area contributed by atoms with E-state index in [1.807, 2.05) is 0 Å². The summed E-state index contributed by atoms with van der Waals surface area (Å²) in [6.07, 6.45) is 0. The van der Waals surface area contributed by atoms with E-state index in [1.165, 1.54) is 13.0 Å². The van der Waals surface area contributed by atoms with Crippen LogP contribution in [0.1, 0.15) is 17.4 Å². The molecule has 0 saturated carbocycles. The van der Waals surface area contributed by atoms with Crippen molar-refractivity contribution in [3.63, 3.8) is 0 Å². The van der Waals surface area contributed by atoms with Crippen molar-refractivity contribution < 1.29 is 13.2 Å². The van der Waals surface area contributed by atoms with E-state index in [4.69, 9.17) is 17.3 Å². The molecule has 0 aliphatic carbocycles. The third-order valence-electron chi connectivity index (χ3n) is 2.94. The number of sulfonamides is 1. The number of anilines is 1. The largest absolute Gasteiger partial charge is 0.399 e. The van der Waals surface area contributed by atoms with Crippen molar-refractivity contribution in [1.82, 2.24) is 10.0 Å². The van der Waals surface area contributed by atoms with Gasteiger partial charge in [0.15, 0.2) is 0 Å². The highest BCUT2D eigenvalue weighted by Gasteiger charge is 2.17. The molecule has 4 N–H and O–H groups in total. The first-order chi connectivity index (χ1) is 10.8. The fourth-order valence-electron chi connectivity index (χ4n) is 1.76. The van der Waals surface area contributed by atoms with E-state index in [9.17, 15) is 13.2 Å². The fraction of sp³-hybridized carbons (Fsp3) is 0.214. The van der Waals surface area contributed by atoms with Gasteiger partial charge in [-0.1, -0.05) is 17.7 Å². The Hall–Kier alpha value is -1.61. The second kappa shape index (κ2) is 7.31. The van der Waals surface area contributed by atoms with Gasteiger partial charge in [0.2, 0.25) is 15.9 Å². The second-order valence-corrected chi connectivity index (χ2v) is 8.38. The number of hydrogen-bond acceptors (Lipinski definition) is 5. The van der Waals surface area contributed by atoms with Crippen molar-refractivity contribution in [2.24, 2.45) is 0 Å². The van der Waals surface area contributed by atoms with Crippen LogP contribution >= 0.6 is 22.9 Å². The average Bonchev–Trinajstić information content (AvgIpc) is 2.94. The molecule has 0 bridgehead atoms. The van der Waals surface area contributed by atoms with Gasteiger partial charge in [-0.3, -0.25) is 4.79 Å². The molecule has 1 aromatic heterocycles. The van der Waals surface area contributed by atoms with Gasteiger partial charge in [-0.15, -0.1) is 11.3 Å². The molecule has 0 unspecified atom stereocenters. The van der Waals surface area contributed by atoms with Gasteiger partial charge in [-0.25, -0.2) is 13.1 Å². The summed E-state index contributed by atoms with van der Waals surface area (Å²) in [4.78, 5) is 11.6. The highest BCUT2D eigenvalue weighted by molar-refractivity contribution is 7.91. The standard InChI is InChI=1S/C14H16ClN3O3S2/c1-9(19)17-8-12-4-5-14(22-12)23(20,21)18-7-10-2-3-11(16)6-13(10)15/h2-6,18H,7-8,16H2,1H3,(H,17,19). The lowest BCUT2D eigenvalue weighted by molar-refractivity contribution is -0.119. The maximum atomic E-state index is 12.3. The van der Waals surface area contributed by atoms with E-state index in [-0.39, 0.29) is 16.7 Å². The van der Waals surface area contributed by atoms with Gasteiger partial charge in [0.05, 0.1) is 6.54 Å². The van der Waals surface area contributed by atoms with Crippen LogP contribution in [0.3, 0.4) is 0 Å². The average molecular weight is 374 g/mol. The van der Waals surface area contributed by atoms with Gasteiger partial charge in [-0.05, 0) is 29.8 Å². The summed E-state index contributed by atoms with van der Waals surface area (Å²) in [6, 6.07) is 8.09. The monoisotopic (exact) mass is 373 g/mol. The molecule has 9 heteroatoms. The van der Waals surface area contributed by atoms with E-state index in [1.54, 1.807) is 24.3 Å². The molecular weight excluding hydrogens is 358 g/mol. The van der Waals surface area contributed by atoms with Crippen LogP contribution in [0.15, 0.2) is 34.5 Å². The topological polar surface area (TPSA) is 101 Å². The van der Waals surface area contributed by atoms with Crippen LogP contribution in [0.5, 0.6) is 0 Å². The molecule has 2 rings (SSSR count). The molecule has 0 saturated heterocycles. The number of halogens is 1. The quantitative estimate of drug-likeness (QED) is 0.675. The van der Waals surface area contributed by atoms with Crippen LogP contribution in [0.2, 0.25) is 5.02 Å². The number of carbonyl (C=O) groups is 1. The molecule has 0 spiro atoms. The summed E-state index contributed by atoms with van der Waals surface area (Å²) in [5.41, 5.74) is 6.76. The minimum absolute atomic E-state index is 0.0698. The predicted molar refractivity (Wildman–Crippen MR) is 91.7 cm³/mol. The second-order valence-electron chi connectivity index (χ2n) is 4.81. The number of hydrogen-bond donors (Lipinski definition) is 3. The van der Waals surface area contributed by atoms with Crippen LogP contribution < -0.4 is 15.8 Å². The summed E-state index contributed by atoms with van der Waals surface area (Å²) < 4.78 is 27.2. The highest BCUT2D eigenvalue weighted by atomic mass is 35.5. The van der Waals surface area contributed by atoms with Gasteiger partial charge >= 0.3 is 0 Å². The Balaban J connectivity index is 2.05. The predicted octanol–water partition coefficient (Wildman–Crippen LogP) is 2.10. The number of thiophene rings is 1. The van der Waals surface area contributed by atoms with Crippen LogP contribution in [-0.4, -0.2) is 14.3 Å². The zero-order valence-corrected chi connectivity index (χ0v) is 14.7. The molecule has 0 aliphatic rings. The van der Waals surface area contributed by atoms with Crippen LogP contribution in [0, 0.1) is 0 Å². The summed E-state index contributed by atoms with van der Waals surface area (Å²) in [5.74, 6) is -0.168. The Labute approximate surface area is 143 Å². The molecule has 0 radical (unpaired) electrons. The van der Waals surface area contributed by atoms with Crippen molar-refractivity contribution in [2.45, 2.75) is 24.2 Å². The van der Waals surface area contributed by atoms with Crippen molar-refractivity contribution >= 4 is 44.6 Å². The number of amides is 1. The highest BCUT2D eigenvalue weighted by Crippen LogP contribution is 2.23. The zero-order chi connectivity index (χ0) is 17.0. The summed E-state index contributed by atoms with van der Waals surface area (Å²) in [7, 11) is -3.64. The third-order valence-corrected chi connectivity index (χ3v) is 6.27. The lowest BCUT2D eigenvalue weighted by Gasteiger charge is -2.07. The van der Waals surface area contributed by atoms with Crippen molar-refractivity contribution in [1.29, 1.82) is 0 Å². The van der Waals surface area contributed by atoms with Gasteiger partial charge in [0.1, 0.15) is 4.21 Å². The number of carbonyl (C=O) groups excluding carboxylic acids is 1. The fourth-order valence-corrected chi connectivity index (χ4v) is 4.36. The van der Waals surface area contributed by atoms with Gasteiger partial charge in [-0.2, -0.15) is 0 Å². The van der Waals surface area contributed by atoms with E-state index >= 15 is 0 Å². The Bertz CT molecular complexity index is 818. The molecule has 0 aliphatic heterocycles. The summed E-state index contributed by atoms with van der Waals surface area (Å²) in [5, 5.41) is 3.03. The smallest absolute Gasteiger partial charge is 0.250 e. The minimum atomic E-state index is -3.64. The van der Waals surface area contributed by atoms with E-state index in [0.29, 0.717) is 22.8 Å². The Morgan fingerprint density at radius 3 is 2.65 bits per heavy atom. The van der Waals surface area contributed by atoms with Crippen LogP contribution in [-0.2, 0) is 27.9 Å². The molecule has 6 nitrogen and oxygen atoms in total. The van der Waals surface area contributed by atoms with Crippen LogP contribution in [0.25, 0.3) is 0 Å². The van der Waals surface area contributed by atoms with Gasteiger partial charge < -0.3 is 11.1 Å². The van der Waals surface area contributed by atoms with E-state index < -0.39 is 10.0 Å². The first kappa shape index (κ1) is 17.7. The molecule has 1 aromatic carbocycles. The number of nitrogens with two attached hydrogens (primary N) is 1. The van der Waals surface area contributed by atoms with Crippen molar-refractivity contribution in [2.75, 3.05) is 5.73 Å². The molecule has 1 heterocycles. The minimum Gasteiger partial charge on any atom is -0.399 e. The maximum Gasteiger partial charge on any atom is 0.250 e. The SMILES string of the molecule is CC(=O)NCc1ccc(S(=O)(=O)NCc2ccc(N)cc2Cl)s1. The normalized spacial score (nSPS) is 11.4. The lowest BCUT2D eigenvalue weighted by atomic mass is 10.2. The number of nitrogen functional groups attached to an aromatic ring is 1. The molecule has 23 heavy (non-hydrogen) atoms. The molecule has 0 atom stereocenters. The van der Waals surface area contributed by atoms with Gasteiger partial charge in [0.25, 0.3) is 0 Å². The van der Waals surface area contributed by atoms with E-state index in [2.05, 4.69) is 10.0 Å². The van der Waals surface area contributed by atoms with Crippen LogP contribution in [0.4, 0.5) is 5.69 Å². The Kier molecular flexibility index (Phi) is 5.64. The zero-order valence-electron chi connectivity index (χ0n) is 12.3. The lowest BCUT2D eigenvalue weighted by Crippen LogP contribution is -2.22. The van der Waals surface area contributed by atoms with Gasteiger partial charge in [0, 0.05) is 29.1 Å². The Morgan fingerprint density at radius 1 is 1.26 bits per heavy atom. The number of benzene rings is 1. The number of rotatable bonds is 6. The summed E-state index contributed by atoms with van der Waals surface area (Å²) >= 11 is 7.13. The van der Waals surface area contributed by atoms with E-state index in [0.717, 1.165) is 16.2 Å². The van der Waals surface area contributed by atoms with Crippen molar-refractivity contribution in [3.05, 3.63) is 45.8 Å². The summed E-state index contributed by atoms with van der Waals surface area (Å²) in [6.45, 7) is 1.78. The maximum absolute atomic E-state index is 12.3. The third kappa shape index (κ3) is 4.93. The molecular formula is C14H16ClN3O3S2. The molecule has 124 valence electrons.